The summed E-state index contributed by atoms with van der Waals surface area (Å²) in [5.41, 5.74) is 1.25. The molecule has 0 atom stereocenters. The molecule has 4 aromatic rings. The molecule has 2 aromatic carbocycles. The van der Waals surface area contributed by atoms with Crippen LogP contribution in [0, 0.1) is 0 Å². The van der Waals surface area contributed by atoms with Crippen LogP contribution in [-0.2, 0) is 13.3 Å². The smallest absolute Gasteiger partial charge is 0.277 e. The fraction of sp³-hybridized carbons (Fsp3) is 0.0952. The van der Waals surface area contributed by atoms with Crippen molar-refractivity contribution in [2.75, 3.05) is 5.32 Å². The number of carbonyl (C=O) groups excluding carboxylic acids is 1. The number of rotatable bonds is 7. The minimum absolute atomic E-state index is 0.0309. The van der Waals surface area contributed by atoms with E-state index >= 15 is 0 Å². The third kappa shape index (κ3) is 5.19. The molecule has 0 aliphatic carbocycles. The number of aromatic nitrogens is 4. The number of hydrogen-bond acceptors (Lipinski definition) is 4. The molecule has 4 rings (SSSR count). The average molecular weight is 477 g/mol. The number of nitrogens with one attached hydrogen (secondary N) is 1. The van der Waals surface area contributed by atoms with Gasteiger partial charge in [-0.25, -0.2) is 4.68 Å². The SMILES string of the molecule is O=C(Nc1nn(Cc2ccccc2)cc1Cl)c1ccn(COc2c(Cl)cccc2Cl)n1. The second-order valence-corrected chi connectivity index (χ2v) is 7.75. The van der Waals surface area contributed by atoms with Crippen molar-refractivity contribution in [3.63, 3.8) is 0 Å². The van der Waals surface area contributed by atoms with Crippen molar-refractivity contribution in [1.29, 1.82) is 0 Å². The summed E-state index contributed by atoms with van der Waals surface area (Å²) >= 11 is 18.4. The zero-order chi connectivity index (χ0) is 21.8. The summed E-state index contributed by atoms with van der Waals surface area (Å²) in [6, 6.07) is 16.4. The third-order valence-corrected chi connectivity index (χ3v) is 5.14. The highest BCUT2D eigenvalue weighted by Crippen LogP contribution is 2.32. The van der Waals surface area contributed by atoms with Crippen LogP contribution in [0.3, 0.4) is 0 Å². The van der Waals surface area contributed by atoms with Crippen LogP contribution < -0.4 is 10.1 Å². The number of anilines is 1. The number of benzene rings is 2. The van der Waals surface area contributed by atoms with Gasteiger partial charge in [-0.3, -0.25) is 9.48 Å². The van der Waals surface area contributed by atoms with Crippen LogP contribution in [0.15, 0.2) is 67.0 Å². The van der Waals surface area contributed by atoms with Crippen molar-refractivity contribution in [2.24, 2.45) is 0 Å². The first-order valence-corrected chi connectivity index (χ1v) is 10.3. The Morgan fingerprint density at radius 1 is 0.903 bits per heavy atom. The predicted octanol–water partition coefficient (Wildman–Crippen LogP) is 5.38. The Morgan fingerprint density at radius 3 is 2.39 bits per heavy atom. The van der Waals surface area contributed by atoms with Gasteiger partial charge in [-0.05, 0) is 23.8 Å². The quantitative estimate of drug-likeness (QED) is 0.389. The third-order valence-electron chi connectivity index (χ3n) is 4.27. The average Bonchev–Trinajstić information content (AvgIpc) is 3.35. The Labute approximate surface area is 193 Å². The maximum Gasteiger partial charge on any atom is 0.277 e. The van der Waals surface area contributed by atoms with Crippen LogP contribution in [0.25, 0.3) is 0 Å². The highest BCUT2D eigenvalue weighted by atomic mass is 35.5. The Kier molecular flexibility index (Phi) is 6.46. The molecule has 1 N–H and O–H groups in total. The summed E-state index contributed by atoms with van der Waals surface area (Å²) < 4.78 is 8.72. The first-order chi connectivity index (χ1) is 15.0. The van der Waals surface area contributed by atoms with Crippen LogP contribution in [0.1, 0.15) is 16.1 Å². The van der Waals surface area contributed by atoms with E-state index in [1.165, 1.54) is 4.68 Å². The Morgan fingerprint density at radius 2 is 1.65 bits per heavy atom. The molecular formula is C21H16Cl3N5O2. The summed E-state index contributed by atoms with van der Waals surface area (Å²) in [7, 11) is 0. The zero-order valence-electron chi connectivity index (χ0n) is 16.0. The first kappa shape index (κ1) is 21.2. The summed E-state index contributed by atoms with van der Waals surface area (Å²) in [6.07, 6.45) is 3.26. The number of halogens is 3. The number of ether oxygens (including phenoxy) is 1. The summed E-state index contributed by atoms with van der Waals surface area (Å²) in [5.74, 6) is 0.167. The van der Waals surface area contributed by atoms with E-state index in [2.05, 4.69) is 15.5 Å². The van der Waals surface area contributed by atoms with Crippen LogP contribution in [0.5, 0.6) is 5.75 Å². The largest absolute Gasteiger partial charge is 0.468 e. The fourth-order valence-corrected chi connectivity index (χ4v) is 3.51. The van der Waals surface area contributed by atoms with Crippen molar-refractivity contribution in [3.8, 4) is 5.75 Å². The number of para-hydroxylation sites is 1. The first-order valence-electron chi connectivity index (χ1n) is 9.18. The van der Waals surface area contributed by atoms with Crippen molar-refractivity contribution in [2.45, 2.75) is 13.3 Å². The molecule has 0 aliphatic rings. The minimum Gasteiger partial charge on any atom is -0.468 e. The van der Waals surface area contributed by atoms with E-state index in [0.717, 1.165) is 5.56 Å². The lowest BCUT2D eigenvalue weighted by Crippen LogP contribution is -2.15. The fourth-order valence-electron chi connectivity index (χ4n) is 2.81. The molecule has 0 fully saturated rings. The van der Waals surface area contributed by atoms with Gasteiger partial charge in [0.25, 0.3) is 5.91 Å². The molecule has 1 amide bonds. The van der Waals surface area contributed by atoms with Gasteiger partial charge in [-0.1, -0.05) is 71.2 Å². The van der Waals surface area contributed by atoms with Crippen LogP contribution in [0.4, 0.5) is 5.82 Å². The molecule has 2 aromatic heterocycles. The van der Waals surface area contributed by atoms with E-state index in [4.69, 9.17) is 39.5 Å². The van der Waals surface area contributed by atoms with Crippen molar-refractivity contribution in [3.05, 3.63) is 93.3 Å². The van der Waals surface area contributed by atoms with E-state index in [1.807, 2.05) is 30.3 Å². The van der Waals surface area contributed by atoms with Gasteiger partial charge in [0.05, 0.1) is 16.6 Å². The van der Waals surface area contributed by atoms with E-state index in [9.17, 15) is 4.79 Å². The Bertz CT molecular complexity index is 1190. The summed E-state index contributed by atoms with van der Waals surface area (Å²) in [4.78, 5) is 12.6. The molecule has 0 spiro atoms. The lowest BCUT2D eigenvalue weighted by molar-refractivity contribution is 0.101. The maximum absolute atomic E-state index is 12.6. The van der Waals surface area contributed by atoms with E-state index in [1.54, 1.807) is 41.3 Å². The zero-order valence-corrected chi connectivity index (χ0v) is 18.3. The van der Waals surface area contributed by atoms with Gasteiger partial charge >= 0.3 is 0 Å². The van der Waals surface area contributed by atoms with Crippen LogP contribution in [0.2, 0.25) is 15.1 Å². The molecule has 0 aliphatic heterocycles. The highest BCUT2D eigenvalue weighted by Gasteiger charge is 2.15. The molecule has 158 valence electrons. The molecule has 0 saturated heterocycles. The molecule has 0 unspecified atom stereocenters. The predicted molar refractivity (Wildman–Crippen MR) is 120 cm³/mol. The second kappa shape index (κ2) is 9.43. The lowest BCUT2D eigenvalue weighted by atomic mass is 10.2. The monoisotopic (exact) mass is 475 g/mol. The molecule has 10 heteroatoms. The van der Waals surface area contributed by atoms with Gasteiger partial charge in [0.1, 0.15) is 5.02 Å². The summed E-state index contributed by atoms with van der Waals surface area (Å²) in [5, 5.41) is 12.3. The number of amides is 1. The van der Waals surface area contributed by atoms with Gasteiger partial charge < -0.3 is 10.1 Å². The summed E-state index contributed by atoms with van der Waals surface area (Å²) in [6.45, 7) is 0.566. The van der Waals surface area contributed by atoms with Gasteiger partial charge in [0, 0.05) is 12.4 Å². The molecule has 0 radical (unpaired) electrons. The molecule has 0 bridgehead atoms. The highest BCUT2D eigenvalue weighted by molar-refractivity contribution is 6.37. The van der Waals surface area contributed by atoms with Crippen LogP contribution in [-0.4, -0.2) is 25.5 Å². The Hall–Kier alpha value is -3.00. The number of hydrogen-bond donors (Lipinski definition) is 1. The van der Waals surface area contributed by atoms with Crippen molar-refractivity contribution < 1.29 is 9.53 Å². The normalized spacial score (nSPS) is 10.8. The number of carbonyl (C=O) groups is 1. The van der Waals surface area contributed by atoms with Crippen LogP contribution >= 0.6 is 34.8 Å². The maximum atomic E-state index is 12.6. The molecule has 7 nitrogen and oxygen atoms in total. The molecular weight excluding hydrogens is 461 g/mol. The minimum atomic E-state index is -0.443. The van der Waals surface area contributed by atoms with Gasteiger partial charge in [0.2, 0.25) is 0 Å². The molecule has 0 saturated carbocycles. The molecule has 2 heterocycles. The van der Waals surface area contributed by atoms with E-state index in [-0.39, 0.29) is 18.2 Å². The topological polar surface area (TPSA) is 74.0 Å². The van der Waals surface area contributed by atoms with E-state index < -0.39 is 5.91 Å². The van der Waals surface area contributed by atoms with Crippen molar-refractivity contribution >= 4 is 46.5 Å². The molecule has 31 heavy (non-hydrogen) atoms. The Balaban J connectivity index is 1.39. The number of nitrogens with zero attached hydrogens (tertiary/aromatic N) is 4. The lowest BCUT2D eigenvalue weighted by Gasteiger charge is -2.09. The van der Waals surface area contributed by atoms with Gasteiger partial charge in [0.15, 0.2) is 24.0 Å². The second-order valence-electron chi connectivity index (χ2n) is 6.53. The standard InChI is InChI=1S/C21H16Cl3N5O2/c22-15-7-4-8-16(23)19(15)31-13-28-10-9-18(26-28)21(30)25-20-17(24)12-29(27-20)11-14-5-2-1-3-6-14/h1-10,12H,11,13H2,(H,25,27,30). The van der Waals surface area contributed by atoms with Gasteiger partial charge in [-0.15, -0.1) is 0 Å². The van der Waals surface area contributed by atoms with Gasteiger partial charge in [-0.2, -0.15) is 10.2 Å². The van der Waals surface area contributed by atoms with E-state index in [0.29, 0.717) is 27.4 Å². The van der Waals surface area contributed by atoms with Crippen molar-refractivity contribution in [1.82, 2.24) is 19.6 Å².